The van der Waals surface area contributed by atoms with E-state index < -0.39 is 0 Å². The first-order chi connectivity index (χ1) is 9.26. The van der Waals surface area contributed by atoms with Crippen molar-refractivity contribution in [1.29, 1.82) is 5.26 Å². The van der Waals surface area contributed by atoms with Gasteiger partial charge in [0.2, 0.25) is 0 Å². The van der Waals surface area contributed by atoms with Crippen molar-refractivity contribution >= 4 is 0 Å². The smallest absolute Gasteiger partial charge is 0.115 e. The minimum absolute atomic E-state index is 0.312. The second-order valence-corrected chi connectivity index (χ2v) is 6.26. The fourth-order valence-electron chi connectivity index (χ4n) is 4.06. The number of fused-ring (bicyclic) bond motifs is 1. The minimum atomic E-state index is 0.312. The molecule has 4 unspecified atom stereocenters. The van der Waals surface area contributed by atoms with Crippen LogP contribution in [0.4, 0.5) is 0 Å². The summed E-state index contributed by atoms with van der Waals surface area (Å²) in [5.74, 6) is 2.92. The van der Waals surface area contributed by atoms with Gasteiger partial charge in [-0.25, -0.2) is 0 Å². The van der Waals surface area contributed by atoms with Crippen molar-refractivity contribution in [2.45, 2.75) is 44.4 Å². The highest BCUT2D eigenvalue weighted by molar-refractivity contribution is 5.28. The van der Waals surface area contributed by atoms with Gasteiger partial charge in [0.25, 0.3) is 0 Å². The van der Waals surface area contributed by atoms with Crippen LogP contribution < -0.4 is 0 Å². The molecule has 2 aliphatic carbocycles. The number of benzene rings is 1. The van der Waals surface area contributed by atoms with E-state index in [1.807, 2.05) is 0 Å². The summed E-state index contributed by atoms with van der Waals surface area (Å²) in [6, 6.07) is 10.2. The standard InChI is InChI=1S/C17H21NO/c18-11-12-1-2-16-10-15(4-3-14(16)9-12)13-5-7-17(19)8-6-13/h5-8,12,14-16,19H,1-4,9-10H2. The van der Waals surface area contributed by atoms with E-state index in [9.17, 15) is 5.11 Å². The van der Waals surface area contributed by atoms with Crippen LogP contribution in [0, 0.1) is 29.1 Å². The SMILES string of the molecule is N#CC1CCC2CC(c3ccc(O)cc3)CCC2C1. The van der Waals surface area contributed by atoms with E-state index in [-0.39, 0.29) is 0 Å². The molecule has 2 fully saturated rings. The summed E-state index contributed by atoms with van der Waals surface area (Å²) in [7, 11) is 0. The molecule has 100 valence electrons. The normalized spacial score (nSPS) is 34.3. The Balaban J connectivity index is 1.67. The predicted octanol–water partition coefficient (Wildman–Crippen LogP) is 4.22. The Morgan fingerprint density at radius 1 is 0.947 bits per heavy atom. The molecule has 0 radical (unpaired) electrons. The summed E-state index contributed by atoms with van der Waals surface area (Å²) in [5.41, 5.74) is 1.37. The van der Waals surface area contributed by atoms with E-state index in [1.54, 1.807) is 12.1 Å². The summed E-state index contributed by atoms with van der Waals surface area (Å²) in [6.45, 7) is 0. The van der Waals surface area contributed by atoms with Crippen molar-refractivity contribution in [3.05, 3.63) is 29.8 Å². The molecule has 0 spiro atoms. The van der Waals surface area contributed by atoms with Crippen LogP contribution in [0.1, 0.15) is 50.0 Å². The van der Waals surface area contributed by atoms with Crippen LogP contribution in [0.5, 0.6) is 5.75 Å². The van der Waals surface area contributed by atoms with Crippen molar-refractivity contribution in [2.24, 2.45) is 17.8 Å². The third-order valence-corrected chi connectivity index (χ3v) is 5.16. The molecule has 0 bridgehead atoms. The molecular formula is C17H21NO. The second kappa shape index (κ2) is 5.25. The van der Waals surface area contributed by atoms with Gasteiger partial charge < -0.3 is 5.11 Å². The van der Waals surface area contributed by atoms with E-state index in [0.29, 0.717) is 17.6 Å². The molecule has 4 atom stereocenters. The molecule has 0 aliphatic heterocycles. The molecule has 2 saturated carbocycles. The summed E-state index contributed by atoms with van der Waals surface area (Å²) >= 11 is 0. The minimum Gasteiger partial charge on any atom is -0.508 e. The highest BCUT2D eigenvalue weighted by Crippen LogP contribution is 2.47. The molecule has 0 amide bonds. The van der Waals surface area contributed by atoms with Crippen LogP contribution >= 0.6 is 0 Å². The predicted molar refractivity (Wildman–Crippen MR) is 74.6 cm³/mol. The maximum absolute atomic E-state index is 9.37. The molecule has 0 aromatic heterocycles. The summed E-state index contributed by atoms with van der Waals surface area (Å²) < 4.78 is 0. The van der Waals surface area contributed by atoms with Crippen molar-refractivity contribution in [3.8, 4) is 11.8 Å². The monoisotopic (exact) mass is 255 g/mol. The highest BCUT2D eigenvalue weighted by atomic mass is 16.3. The lowest BCUT2D eigenvalue weighted by atomic mass is 9.64. The largest absolute Gasteiger partial charge is 0.508 e. The van der Waals surface area contributed by atoms with Gasteiger partial charge in [0.05, 0.1) is 6.07 Å². The van der Waals surface area contributed by atoms with Crippen LogP contribution in [-0.4, -0.2) is 5.11 Å². The van der Waals surface area contributed by atoms with Gasteiger partial charge in [-0.15, -0.1) is 0 Å². The summed E-state index contributed by atoms with van der Waals surface area (Å²) in [5, 5.41) is 18.4. The number of rotatable bonds is 1. The lowest BCUT2D eigenvalue weighted by Crippen LogP contribution is -2.30. The van der Waals surface area contributed by atoms with Gasteiger partial charge in [0.1, 0.15) is 5.75 Å². The van der Waals surface area contributed by atoms with E-state index in [1.165, 1.54) is 31.2 Å². The Kier molecular flexibility index (Phi) is 3.46. The first kappa shape index (κ1) is 12.5. The molecule has 2 nitrogen and oxygen atoms in total. The average Bonchev–Trinajstić information content (AvgIpc) is 2.47. The molecule has 1 N–H and O–H groups in total. The molecule has 0 saturated heterocycles. The third-order valence-electron chi connectivity index (χ3n) is 5.16. The van der Waals surface area contributed by atoms with Crippen molar-refractivity contribution in [1.82, 2.24) is 0 Å². The maximum Gasteiger partial charge on any atom is 0.115 e. The van der Waals surface area contributed by atoms with Gasteiger partial charge in [-0.3, -0.25) is 0 Å². The number of phenols is 1. The van der Waals surface area contributed by atoms with Gasteiger partial charge in [0.15, 0.2) is 0 Å². The lowest BCUT2D eigenvalue weighted by Gasteiger charge is -2.40. The number of hydrogen-bond donors (Lipinski definition) is 1. The number of nitriles is 1. The zero-order chi connectivity index (χ0) is 13.2. The van der Waals surface area contributed by atoms with Crippen LogP contribution in [0.15, 0.2) is 24.3 Å². The molecular weight excluding hydrogens is 234 g/mol. The van der Waals surface area contributed by atoms with Gasteiger partial charge in [-0.2, -0.15) is 5.26 Å². The number of aromatic hydroxyl groups is 1. The molecule has 2 heteroatoms. The molecule has 19 heavy (non-hydrogen) atoms. The van der Waals surface area contributed by atoms with Crippen LogP contribution in [-0.2, 0) is 0 Å². The quantitative estimate of drug-likeness (QED) is 0.816. The Morgan fingerprint density at radius 3 is 2.37 bits per heavy atom. The average molecular weight is 255 g/mol. The van der Waals surface area contributed by atoms with Gasteiger partial charge >= 0.3 is 0 Å². The summed E-state index contributed by atoms with van der Waals surface area (Å²) in [6.07, 6.45) is 7.24. The molecule has 1 aromatic rings. The fourth-order valence-corrected chi connectivity index (χ4v) is 4.06. The lowest BCUT2D eigenvalue weighted by molar-refractivity contribution is 0.135. The zero-order valence-electron chi connectivity index (χ0n) is 11.3. The van der Waals surface area contributed by atoms with Crippen molar-refractivity contribution in [2.75, 3.05) is 0 Å². The second-order valence-electron chi connectivity index (χ2n) is 6.26. The van der Waals surface area contributed by atoms with Crippen LogP contribution in [0.3, 0.4) is 0 Å². The van der Waals surface area contributed by atoms with Crippen molar-refractivity contribution in [3.63, 3.8) is 0 Å². The number of hydrogen-bond acceptors (Lipinski definition) is 2. The Labute approximate surface area is 115 Å². The first-order valence-corrected chi connectivity index (χ1v) is 7.45. The molecule has 1 aromatic carbocycles. The van der Waals surface area contributed by atoms with E-state index in [2.05, 4.69) is 18.2 Å². The Morgan fingerprint density at radius 2 is 1.63 bits per heavy atom. The Hall–Kier alpha value is -1.49. The summed E-state index contributed by atoms with van der Waals surface area (Å²) in [4.78, 5) is 0. The first-order valence-electron chi connectivity index (χ1n) is 7.45. The number of phenolic OH excluding ortho intramolecular Hbond substituents is 1. The van der Waals surface area contributed by atoms with Crippen LogP contribution in [0.2, 0.25) is 0 Å². The fraction of sp³-hybridized carbons (Fsp3) is 0.588. The van der Waals surface area contributed by atoms with Gasteiger partial charge in [0, 0.05) is 5.92 Å². The van der Waals surface area contributed by atoms with Gasteiger partial charge in [-0.1, -0.05) is 12.1 Å². The highest BCUT2D eigenvalue weighted by Gasteiger charge is 2.35. The van der Waals surface area contributed by atoms with E-state index >= 15 is 0 Å². The molecule has 0 heterocycles. The maximum atomic E-state index is 9.37. The van der Waals surface area contributed by atoms with E-state index in [4.69, 9.17) is 5.26 Å². The topological polar surface area (TPSA) is 44.0 Å². The van der Waals surface area contributed by atoms with Crippen molar-refractivity contribution < 1.29 is 5.11 Å². The number of nitrogens with zero attached hydrogens (tertiary/aromatic N) is 1. The third kappa shape index (κ3) is 2.61. The van der Waals surface area contributed by atoms with Gasteiger partial charge in [-0.05, 0) is 74.0 Å². The van der Waals surface area contributed by atoms with Crippen LogP contribution in [0.25, 0.3) is 0 Å². The van der Waals surface area contributed by atoms with E-state index in [0.717, 1.165) is 24.7 Å². The zero-order valence-corrected chi connectivity index (χ0v) is 11.3. The molecule has 3 rings (SSSR count). The molecule has 2 aliphatic rings. The Bertz CT molecular complexity index is 473.